The van der Waals surface area contributed by atoms with Gasteiger partial charge in [0.05, 0.1) is 24.6 Å². The second kappa shape index (κ2) is 9.11. The van der Waals surface area contributed by atoms with E-state index in [1.165, 1.54) is 0 Å². The number of rotatable bonds is 2. The van der Waals surface area contributed by atoms with E-state index in [1.807, 2.05) is 17.0 Å². The molecule has 0 spiro atoms. The van der Waals surface area contributed by atoms with Gasteiger partial charge in [-0.1, -0.05) is 13.8 Å². The monoisotopic (exact) mass is 400 g/mol. The summed E-state index contributed by atoms with van der Waals surface area (Å²) in [6, 6.07) is 3.90. The molecule has 8 nitrogen and oxygen atoms in total. The van der Waals surface area contributed by atoms with E-state index in [0.717, 1.165) is 12.0 Å². The molecule has 28 heavy (non-hydrogen) atoms. The summed E-state index contributed by atoms with van der Waals surface area (Å²) in [7, 11) is 0. The van der Waals surface area contributed by atoms with Gasteiger partial charge in [0.25, 0.3) is 0 Å². The molecule has 1 fully saturated rings. The number of aliphatic hydroxyl groups excluding tert-OH is 2. The lowest BCUT2D eigenvalue weighted by Crippen LogP contribution is -2.54. The molecule has 1 saturated heterocycles. The highest BCUT2D eigenvalue weighted by Crippen LogP contribution is 2.28. The molecule has 154 valence electrons. The molecule has 0 aliphatic carbocycles. The number of aromatic nitrogens is 4. The predicted octanol–water partition coefficient (Wildman–Crippen LogP) is 1.51. The summed E-state index contributed by atoms with van der Waals surface area (Å²) < 4.78 is 35.4. The van der Waals surface area contributed by atoms with Crippen LogP contribution >= 0.6 is 0 Å². The van der Waals surface area contributed by atoms with Crippen LogP contribution in [0.1, 0.15) is 26.0 Å². The Labute approximate surface area is 160 Å². The number of piperidine rings is 1. The first kappa shape index (κ1) is 21.8. The average Bonchev–Trinajstić information content (AvgIpc) is 2.64. The van der Waals surface area contributed by atoms with Gasteiger partial charge >= 0.3 is 6.18 Å². The van der Waals surface area contributed by atoms with E-state index in [2.05, 4.69) is 34.0 Å². The van der Waals surface area contributed by atoms with Gasteiger partial charge in [-0.15, -0.1) is 5.10 Å². The highest BCUT2D eigenvalue weighted by atomic mass is 19.4. The number of aliphatic hydroxyl groups is 2. The van der Waals surface area contributed by atoms with Crippen LogP contribution in [0.5, 0.6) is 0 Å². The molecule has 0 saturated carbocycles. The molecule has 3 atom stereocenters. The van der Waals surface area contributed by atoms with Crippen LogP contribution < -0.4 is 10.6 Å². The number of alkyl halides is 3. The quantitative estimate of drug-likeness (QED) is 0.694. The fraction of sp³-hybridized carbons (Fsp3) is 0.529. The van der Waals surface area contributed by atoms with Gasteiger partial charge in [-0.2, -0.15) is 18.3 Å². The summed E-state index contributed by atoms with van der Waals surface area (Å²) in [5, 5.41) is 27.5. The van der Waals surface area contributed by atoms with Crippen LogP contribution in [0.15, 0.2) is 30.7 Å². The summed E-state index contributed by atoms with van der Waals surface area (Å²) in [5.74, 6) is 0.913. The minimum atomic E-state index is -4.47. The maximum atomic E-state index is 11.8. The summed E-state index contributed by atoms with van der Waals surface area (Å²) >= 11 is 0. The largest absolute Gasteiger partial charge is 0.434 e. The minimum absolute atomic E-state index is 0.185. The van der Waals surface area contributed by atoms with Gasteiger partial charge in [0.15, 0.2) is 11.5 Å². The van der Waals surface area contributed by atoms with Crippen molar-refractivity contribution >= 4 is 11.6 Å². The van der Waals surface area contributed by atoms with E-state index in [4.69, 9.17) is 5.73 Å². The summed E-state index contributed by atoms with van der Waals surface area (Å²) in [6.07, 6.45) is -1.96. The highest BCUT2D eigenvalue weighted by molar-refractivity contribution is 5.39. The van der Waals surface area contributed by atoms with Crippen molar-refractivity contribution in [2.24, 2.45) is 5.92 Å². The molecule has 0 aromatic carbocycles. The maximum Gasteiger partial charge on any atom is 0.434 e. The van der Waals surface area contributed by atoms with Gasteiger partial charge in [-0.3, -0.25) is 4.98 Å². The second-order valence-electron chi connectivity index (χ2n) is 6.74. The van der Waals surface area contributed by atoms with E-state index < -0.39 is 24.1 Å². The van der Waals surface area contributed by atoms with Gasteiger partial charge in [0.1, 0.15) is 5.82 Å². The number of hydrogen-bond donors (Lipinski definition) is 3. The molecule has 3 heterocycles. The standard InChI is InChI=1S/C12H19N3O2.C5H4F3N3/c1-8(2)9-6-10(16)11(17)7-15(9)12-4-3-5-13-14-12;6-5(7,8)3-1-10-2-4(9)11-3/h3-5,8-11,16-17H,6-7H2,1-2H3;1-2H,(H2,9,11). The lowest BCUT2D eigenvalue weighted by molar-refractivity contribution is -0.141. The van der Waals surface area contributed by atoms with Crippen LogP contribution in [0.25, 0.3) is 0 Å². The Morgan fingerprint density at radius 3 is 2.43 bits per heavy atom. The third-order valence-corrected chi connectivity index (χ3v) is 4.28. The topological polar surface area (TPSA) is 121 Å². The van der Waals surface area contributed by atoms with E-state index >= 15 is 0 Å². The SMILES string of the molecule is CC(C)C1CC(O)C(O)CN1c1cccnn1.Nc1cncc(C(F)(F)F)n1. The van der Waals surface area contributed by atoms with Crippen LogP contribution in [-0.2, 0) is 6.18 Å². The van der Waals surface area contributed by atoms with Crippen LogP contribution in [0.3, 0.4) is 0 Å². The zero-order valence-corrected chi connectivity index (χ0v) is 15.5. The maximum absolute atomic E-state index is 11.8. The first-order valence-electron chi connectivity index (χ1n) is 8.64. The van der Waals surface area contributed by atoms with Gasteiger partial charge in [0.2, 0.25) is 0 Å². The van der Waals surface area contributed by atoms with Crippen molar-refractivity contribution in [2.45, 2.75) is 44.7 Å². The van der Waals surface area contributed by atoms with Gasteiger partial charge in [0, 0.05) is 18.8 Å². The highest BCUT2D eigenvalue weighted by Gasteiger charge is 2.36. The first-order valence-corrected chi connectivity index (χ1v) is 8.64. The van der Waals surface area contributed by atoms with Crippen molar-refractivity contribution < 1.29 is 23.4 Å². The van der Waals surface area contributed by atoms with Gasteiger partial charge in [-0.05, 0) is 24.5 Å². The number of hydrogen-bond acceptors (Lipinski definition) is 8. The van der Waals surface area contributed by atoms with Gasteiger partial charge in [-0.25, -0.2) is 4.98 Å². The van der Waals surface area contributed by atoms with Crippen molar-refractivity contribution in [2.75, 3.05) is 17.2 Å². The molecule has 1 aliphatic heterocycles. The van der Waals surface area contributed by atoms with E-state index in [-0.39, 0.29) is 11.9 Å². The number of β-amino-alcohol motifs (C(OH)–C–C–N with tert-alkyl or cyclic N) is 1. The van der Waals surface area contributed by atoms with Crippen molar-refractivity contribution in [3.8, 4) is 0 Å². The molecular formula is C17H23F3N6O2. The molecule has 0 radical (unpaired) electrons. The zero-order valence-electron chi connectivity index (χ0n) is 15.5. The van der Waals surface area contributed by atoms with Crippen molar-refractivity contribution in [3.05, 3.63) is 36.4 Å². The second-order valence-corrected chi connectivity index (χ2v) is 6.74. The summed E-state index contributed by atoms with van der Waals surface area (Å²) in [6.45, 7) is 4.62. The Balaban J connectivity index is 0.000000221. The van der Waals surface area contributed by atoms with Crippen LogP contribution in [0, 0.1) is 5.92 Å². The minimum Gasteiger partial charge on any atom is -0.390 e. The summed E-state index contributed by atoms with van der Waals surface area (Å²) in [5.41, 5.74) is 3.91. The number of anilines is 2. The number of halogens is 3. The molecule has 1 aliphatic rings. The van der Waals surface area contributed by atoms with E-state index in [1.54, 1.807) is 6.20 Å². The van der Waals surface area contributed by atoms with Crippen LogP contribution in [-0.4, -0.2) is 55.2 Å². The Hall–Kier alpha value is -2.53. The van der Waals surface area contributed by atoms with Crippen molar-refractivity contribution in [1.29, 1.82) is 0 Å². The van der Waals surface area contributed by atoms with Crippen LogP contribution in [0.2, 0.25) is 0 Å². The summed E-state index contributed by atoms with van der Waals surface area (Å²) in [4.78, 5) is 8.31. The van der Waals surface area contributed by atoms with E-state index in [0.29, 0.717) is 25.1 Å². The molecule has 11 heteroatoms. The zero-order chi connectivity index (χ0) is 20.9. The van der Waals surface area contributed by atoms with Crippen molar-refractivity contribution in [3.63, 3.8) is 0 Å². The number of nitrogen functional groups attached to an aromatic ring is 1. The molecule has 0 amide bonds. The normalized spacial score (nSPS) is 22.6. The molecule has 4 N–H and O–H groups in total. The smallest absolute Gasteiger partial charge is 0.390 e. The van der Waals surface area contributed by atoms with Crippen LogP contribution in [0.4, 0.5) is 24.8 Å². The fourth-order valence-corrected chi connectivity index (χ4v) is 2.85. The van der Waals surface area contributed by atoms with E-state index in [9.17, 15) is 23.4 Å². The third kappa shape index (κ3) is 5.73. The molecule has 3 rings (SSSR count). The third-order valence-electron chi connectivity index (χ3n) is 4.28. The Morgan fingerprint density at radius 1 is 1.21 bits per heavy atom. The lowest BCUT2D eigenvalue weighted by atomic mass is 9.89. The van der Waals surface area contributed by atoms with Crippen molar-refractivity contribution in [1.82, 2.24) is 20.2 Å². The average molecular weight is 400 g/mol. The Bertz CT molecular complexity index is 747. The van der Waals surface area contributed by atoms with Gasteiger partial charge < -0.3 is 20.8 Å². The molecule has 3 unspecified atom stereocenters. The molecule has 2 aromatic heterocycles. The molecular weight excluding hydrogens is 377 g/mol. The number of nitrogens with zero attached hydrogens (tertiary/aromatic N) is 5. The number of nitrogens with two attached hydrogens (primary N) is 1. The first-order chi connectivity index (χ1) is 13.1. The molecule has 2 aromatic rings. The predicted molar refractivity (Wildman–Crippen MR) is 96.1 cm³/mol. The molecule has 0 bridgehead atoms. The Kier molecular flexibility index (Phi) is 7.08. The lowest BCUT2D eigenvalue weighted by Gasteiger charge is -2.43. The fourth-order valence-electron chi connectivity index (χ4n) is 2.85. The Morgan fingerprint density at radius 2 is 1.93 bits per heavy atom.